The van der Waals surface area contributed by atoms with E-state index in [1.54, 1.807) is 0 Å². The monoisotopic (exact) mass is 172 g/mol. The number of aliphatic hydroxyl groups is 1. The number of hydrogen-bond acceptors (Lipinski definition) is 1. The van der Waals surface area contributed by atoms with Gasteiger partial charge >= 0.3 is 0 Å². The van der Waals surface area contributed by atoms with Crippen LogP contribution in [0.4, 0.5) is 0 Å². The second kappa shape index (κ2) is 3.78. The fraction of sp³-hybridized carbons (Fsp3) is 1.00. The van der Waals surface area contributed by atoms with Crippen LogP contribution in [0.25, 0.3) is 0 Å². The lowest BCUT2D eigenvalue weighted by Crippen LogP contribution is -2.27. The predicted octanol–water partition coefficient (Wildman–Crippen LogP) is 3.22. The third-order valence-electron chi connectivity index (χ3n) is 2.17. The molecule has 0 saturated carbocycles. The number of rotatable bonds is 2. The van der Waals surface area contributed by atoms with Crippen molar-refractivity contribution in [3.63, 3.8) is 0 Å². The van der Waals surface area contributed by atoms with E-state index in [9.17, 15) is 5.11 Å². The van der Waals surface area contributed by atoms with Crippen molar-refractivity contribution in [2.24, 2.45) is 10.8 Å². The van der Waals surface area contributed by atoms with E-state index < -0.39 is 0 Å². The molecule has 74 valence electrons. The molecule has 1 nitrogen and oxygen atoms in total. The van der Waals surface area contributed by atoms with Crippen molar-refractivity contribution in [1.82, 2.24) is 0 Å². The summed E-state index contributed by atoms with van der Waals surface area (Å²) in [4.78, 5) is 0. The van der Waals surface area contributed by atoms with E-state index in [-0.39, 0.29) is 11.5 Å². The molecule has 0 spiro atoms. The Morgan fingerprint density at radius 2 is 1.42 bits per heavy atom. The van der Waals surface area contributed by atoms with Gasteiger partial charge in [0.15, 0.2) is 0 Å². The van der Waals surface area contributed by atoms with Crippen LogP contribution in [0.2, 0.25) is 0 Å². The van der Waals surface area contributed by atoms with E-state index in [1.165, 1.54) is 0 Å². The Morgan fingerprint density at radius 1 is 1.00 bits per heavy atom. The van der Waals surface area contributed by atoms with Crippen molar-refractivity contribution in [1.29, 1.82) is 0 Å². The highest BCUT2D eigenvalue weighted by Gasteiger charge is 2.23. The minimum absolute atomic E-state index is 0.0330. The Morgan fingerprint density at radius 3 is 1.67 bits per heavy atom. The first kappa shape index (κ1) is 12.0. The minimum Gasteiger partial charge on any atom is -0.393 e. The van der Waals surface area contributed by atoms with Crippen LogP contribution in [0.3, 0.4) is 0 Å². The van der Waals surface area contributed by atoms with Gasteiger partial charge in [-0.2, -0.15) is 0 Å². The first-order valence-electron chi connectivity index (χ1n) is 4.81. The van der Waals surface area contributed by atoms with Gasteiger partial charge in [0.05, 0.1) is 6.10 Å². The van der Waals surface area contributed by atoms with E-state index in [2.05, 4.69) is 41.5 Å². The maximum absolute atomic E-state index is 9.75. The summed E-state index contributed by atoms with van der Waals surface area (Å²) in [5.41, 5.74) is 0.372. The maximum Gasteiger partial charge on any atom is 0.0588 e. The molecule has 0 aromatic heterocycles. The van der Waals surface area contributed by atoms with Crippen LogP contribution in [0.15, 0.2) is 0 Å². The zero-order chi connectivity index (χ0) is 9.99. The lowest BCUT2D eigenvalue weighted by atomic mass is 9.81. The summed E-state index contributed by atoms with van der Waals surface area (Å²) in [5.74, 6) is 0. The van der Waals surface area contributed by atoms with Gasteiger partial charge in [-0.1, -0.05) is 41.5 Å². The highest BCUT2D eigenvalue weighted by atomic mass is 16.3. The third-order valence-corrected chi connectivity index (χ3v) is 2.17. The summed E-state index contributed by atoms with van der Waals surface area (Å²) in [6, 6.07) is 0. The van der Waals surface area contributed by atoms with Gasteiger partial charge in [0.25, 0.3) is 0 Å². The largest absolute Gasteiger partial charge is 0.393 e. The normalized spacial score (nSPS) is 16.2. The van der Waals surface area contributed by atoms with Gasteiger partial charge in [0.1, 0.15) is 0 Å². The second-order valence-corrected chi connectivity index (χ2v) is 5.98. The van der Waals surface area contributed by atoms with Crippen molar-refractivity contribution in [2.75, 3.05) is 0 Å². The molecule has 12 heavy (non-hydrogen) atoms. The molecule has 1 unspecified atom stereocenters. The highest BCUT2D eigenvalue weighted by molar-refractivity contribution is 4.74. The molecule has 0 heterocycles. The third kappa shape index (κ3) is 5.59. The first-order chi connectivity index (χ1) is 5.13. The molecule has 0 radical (unpaired) electrons. The standard InChI is InChI=1S/C11H24O/c1-10(2,3)8-7-9(12)11(4,5)6/h9,12H,7-8H2,1-6H3. The Labute approximate surface area is 77.2 Å². The van der Waals surface area contributed by atoms with Crippen LogP contribution in [-0.4, -0.2) is 11.2 Å². The van der Waals surface area contributed by atoms with E-state index in [1.807, 2.05) is 0 Å². The highest BCUT2D eigenvalue weighted by Crippen LogP contribution is 2.28. The Bertz CT molecular complexity index is 125. The van der Waals surface area contributed by atoms with Gasteiger partial charge < -0.3 is 5.11 Å². The van der Waals surface area contributed by atoms with Crippen LogP contribution < -0.4 is 0 Å². The molecule has 0 amide bonds. The molecular formula is C11H24O. The molecule has 0 bridgehead atoms. The van der Waals surface area contributed by atoms with E-state index in [4.69, 9.17) is 0 Å². The topological polar surface area (TPSA) is 20.2 Å². The summed E-state index contributed by atoms with van der Waals surface area (Å²) in [6.07, 6.45) is 1.83. The zero-order valence-electron chi connectivity index (χ0n) is 9.44. The molecular weight excluding hydrogens is 148 g/mol. The summed E-state index contributed by atoms with van der Waals surface area (Å²) in [5, 5.41) is 9.75. The van der Waals surface area contributed by atoms with Crippen LogP contribution in [0.1, 0.15) is 54.4 Å². The summed E-state index contributed by atoms with van der Waals surface area (Å²) < 4.78 is 0. The van der Waals surface area contributed by atoms with Crippen molar-refractivity contribution in [2.45, 2.75) is 60.5 Å². The smallest absolute Gasteiger partial charge is 0.0588 e. The molecule has 0 aliphatic rings. The molecule has 0 aliphatic carbocycles. The summed E-state index contributed by atoms with van der Waals surface area (Å²) in [6.45, 7) is 12.9. The van der Waals surface area contributed by atoms with Crippen molar-refractivity contribution < 1.29 is 5.11 Å². The zero-order valence-corrected chi connectivity index (χ0v) is 9.44. The molecule has 1 heteroatoms. The molecule has 0 rings (SSSR count). The minimum atomic E-state index is -0.170. The molecule has 0 saturated heterocycles. The van der Waals surface area contributed by atoms with Crippen LogP contribution >= 0.6 is 0 Å². The van der Waals surface area contributed by atoms with Crippen molar-refractivity contribution in [3.05, 3.63) is 0 Å². The molecule has 1 atom stereocenters. The van der Waals surface area contributed by atoms with Crippen LogP contribution in [0.5, 0.6) is 0 Å². The Kier molecular flexibility index (Phi) is 3.77. The van der Waals surface area contributed by atoms with Gasteiger partial charge in [0, 0.05) is 0 Å². The SMILES string of the molecule is CC(C)(C)CCC(O)C(C)(C)C. The fourth-order valence-electron chi connectivity index (χ4n) is 1.00. The first-order valence-corrected chi connectivity index (χ1v) is 4.81. The fourth-order valence-corrected chi connectivity index (χ4v) is 1.00. The van der Waals surface area contributed by atoms with Crippen molar-refractivity contribution in [3.8, 4) is 0 Å². The van der Waals surface area contributed by atoms with Gasteiger partial charge in [-0.25, -0.2) is 0 Å². The molecule has 0 aromatic rings. The van der Waals surface area contributed by atoms with Gasteiger partial charge in [-0.15, -0.1) is 0 Å². The Balaban J connectivity index is 3.80. The van der Waals surface area contributed by atoms with E-state index in [0.29, 0.717) is 5.41 Å². The molecule has 0 aromatic carbocycles. The average molecular weight is 172 g/mol. The average Bonchev–Trinajstić information content (AvgIpc) is 1.78. The summed E-state index contributed by atoms with van der Waals surface area (Å²) in [7, 11) is 0. The van der Waals surface area contributed by atoms with Crippen molar-refractivity contribution >= 4 is 0 Å². The number of aliphatic hydroxyl groups excluding tert-OH is 1. The van der Waals surface area contributed by atoms with Crippen LogP contribution in [-0.2, 0) is 0 Å². The second-order valence-electron chi connectivity index (χ2n) is 5.98. The van der Waals surface area contributed by atoms with Gasteiger partial charge in [0.2, 0.25) is 0 Å². The lowest BCUT2D eigenvalue weighted by molar-refractivity contribution is 0.0459. The van der Waals surface area contributed by atoms with E-state index in [0.717, 1.165) is 12.8 Å². The Hall–Kier alpha value is -0.0400. The predicted molar refractivity (Wildman–Crippen MR) is 54.2 cm³/mol. The summed E-state index contributed by atoms with van der Waals surface area (Å²) >= 11 is 0. The van der Waals surface area contributed by atoms with Crippen LogP contribution in [0, 0.1) is 10.8 Å². The lowest BCUT2D eigenvalue weighted by Gasteiger charge is -2.28. The van der Waals surface area contributed by atoms with Gasteiger partial charge in [-0.3, -0.25) is 0 Å². The quantitative estimate of drug-likeness (QED) is 0.678. The number of hydrogen-bond donors (Lipinski definition) is 1. The molecule has 0 aliphatic heterocycles. The van der Waals surface area contributed by atoms with E-state index >= 15 is 0 Å². The van der Waals surface area contributed by atoms with Gasteiger partial charge in [-0.05, 0) is 23.7 Å². The molecule has 0 fully saturated rings. The molecule has 1 N–H and O–H groups in total. The maximum atomic E-state index is 9.75.